The number of likely N-dealkylation sites (tertiary alicyclic amines) is 1. The Kier molecular flexibility index (Phi) is 5.62. The summed E-state index contributed by atoms with van der Waals surface area (Å²) in [5.74, 6) is 0.666. The van der Waals surface area contributed by atoms with Gasteiger partial charge in [0.1, 0.15) is 0 Å². The van der Waals surface area contributed by atoms with Gasteiger partial charge in [-0.1, -0.05) is 19.4 Å². The molecule has 0 saturated carbocycles. The molecule has 126 valence electrons. The van der Waals surface area contributed by atoms with Gasteiger partial charge in [0.2, 0.25) is 5.91 Å². The van der Waals surface area contributed by atoms with Crippen LogP contribution >= 0.6 is 0 Å². The van der Waals surface area contributed by atoms with Gasteiger partial charge < -0.3 is 10.6 Å². The Bertz CT molecular complexity index is 501. The lowest BCUT2D eigenvalue weighted by Crippen LogP contribution is -2.54. The van der Waals surface area contributed by atoms with Gasteiger partial charge in [-0.05, 0) is 43.9 Å². The van der Waals surface area contributed by atoms with Crippen molar-refractivity contribution >= 4 is 5.91 Å². The topological polar surface area (TPSA) is 57.3 Å². The van der Waals surface area contributed by atoms with Crippen molar-refractivity contribution in [2.75, 3.05) is 19.6 Å². The molecule has 2 saturated heterocycles. The highest BCUT2D eigenvalue weighted by molar-refractivity contribution is 5.82. The number of hydrogen-bond donors (Lipinski definition) is 2. The molecule has 1 aromatic rings. The standard InChI is InChI=1S/C18H28N4O/c1-14-12-22(13-15-6-2-4-9-19-15)11-8-16(14)21-18(23)17-7-3-5-10-20-17/h2,4,6,9,14,16-17,20H,3,5,7-8,10-13H2,1H3,(H,21,23)/t14-,16-,17+/m1/s1. The van der Waals surface area contributed by atoms with Crippen molar-refractivity contribution in [1.29, 1.82) is 0 Å². The van der Waals surface area contributed by atoms with Crippen LogP contribution in [0, 0.1) is 5.92 Å². The first-order chi connectivity index (χ1) is 11.2. The van der Waals surface area contributed by atoms with Gasteiger partial charge in [0.25, 0.3) is 0 Å². The highest BCUT2D eigenvalue weighted by atomic mass is 16.2. The SMILES string of the molecule is C[C@@H]1CN(Cc2ccccn2)CC[C@H]1NC(=O)[C@@H]1CCCCN1. The molecule has 0 unspecified atom stereocenters. The fourth-order valence-electron chi connectivity index (χ4n) is 3.67. The Balaban J connectivity index is 1.47. The van der Waals surface area contributed by atoms with Crippen molar-refractivity contribution in [3.05, 3.63) is 30.1 Å². The zero-order valence-electron chi connectivity index (χ0n) is 14.0. The van der Waals surface area contributed by atoms with Crippen molar-refractivity contribution in [1.82, 2.24) is 20.5 Å². The van der Waals surface area contributed by atoms with Gasteiger partial charge in [0, 0.05) is 31.9 Å². The second-order valence-electron chi connectivity index (χ2n) is 6.94. The molecule has 23 heavy (non-hydrogen) atoms. The minimum absolute atomic E-state index is 0.0162. The molecule has 2 aliphatic heterocycles. The van der Waals surface area contributed by atoms with Gasteiger partial charge in [-0.3, -0.25) is 14.7 Å². The summed E-state index contributed by atoms with van der Waals surface area (Å²) in [7, 11) is 0. The van der Waals surface area contributed by atoms with Crippen molar-refractivity contribution in [2.24, 2.45) is 5.92 Å². The van der Waals surface area contributed by atoms with Gasteiger partial charge in [0.15, 0.2) is 0 Å². The highest BCUT2D eigenvalue weighted by Gasteiger charge is 2.29. The maximum absolute atomic E-state index is 12.4. The number of carbonyl (C=O) groups is 1. The van der Waals surface area contributed by atoms with Gasteiger partial charge in [-0.2, -0.15) is 0 Å². The van der Waals surface area contributed by atoms with Crippen LogP contribution in [-0.4, -0.2) is 47.5 Å². The van der Waals surface area contributed by atoms with Crippen LogP contribution in [-0.2, 0) is 11.3 Å². The Morgan fingerprint density at radius 2 is 2.30 bits per heavy atom. The van der Waals surface area contributed by atoms with E-state index in [1.165, 1.54) is 6.42 Å². The maximum Gasteiger partial charge on any atom is 0.237 e. The molecular formula is C18H28N4O. The first kappa shape index (κ1) is 16.4. The molecule has 0 aromatic carbocycles. The van der Waals surface area contributed by atoms with E-state index in [0.717, 1.165) is 51.1 Å². The Morgan fingerprint density at radius 1 is 1.39 bits per heavy atom. The lowest BCUT2D eigenvalue weighted by Gasteiger charge is -2.38. The Labute approximate surface area is 138 Å². The number of amides is 1. The molecule has 3 rings (SSSR count). The van der Waals surface area contributed by atoms with Crippen LogP contribution in [0.3, 0.4) is 0 Å². The van der Waals surface area contributed by atoms with Crippen molar-refractivity contribution in [3.63, 3.8) is 0 Å². The zero-order chi connectivity index (χ0) is 16.1. The van der Waals surface area contributed by atoms with E-state index in [1.807, 2.05) is 18.3 Å². The largest absolute Gasteiger partial charge is 0.352 e. The third-order valence-electron chi connectivity index (χ3n) is 5.06. The van der Waals surface area contributed by atoms with E-state index < -0.39 is 0 Å². The fourth-order valence-corrected chi connectivity index (χ4v) is 3.67. The molecule has 5 nitrogen and oxygen atoms in total. The Morgan fingerprint density at radius 3 is 3.00 bits per heavy atom. The monoisotopic (exact) mass is 316 g/mol. The number of nitrogens with one attached hydrogen (secondary N) is 2. The summed E-state index contributed by atoms with van der Waals surface area (Å²) in [6.07, 6.45) is 6.18. The molecule has 0 bridgehead atoms. The Hall–Kier alpha value is -1.46. The van der Waals surface area contributed by atoms with E-state index in [9.17, 15) is 4.79 Å². The third-order valence-corrected chi connectivity index (χ3v) is 5.06. The fraction of sp³-hybridized carbons (Fsp3) is 0.667. The van der Waals surface area contributed by atoms with Crippen molar-refractivity contribution in [3.8, 4) is 0 Å². The molecule has 0 radical (unpaired) electrons. The summed E-state index contributed by atoms with van der Waals surface area (Å²) in [6, 6.07) is 6.38. The van der Waals surface area contributed by atoms with Gasteiger partial charge in [-0.25, -0.2) is 0 Å². The number of hydrogen-bond acceptors (Lipinski definition) is 4. The van der Waals surface area contributed by atoms with E-state index in [0.29, 0.717) is 12.0 Å². The number of aromatic nitrogens is 1. The molecular weight excluding hydrogens is 288 g/mol. The lowest BCUT2D eigenvalue weighted by atomic mass is 9.93. The number of carbonyl (C=O) groups excluding carboxylic acids is 1. The van der Waals surface area contributed by atoms with E-state index in [2.05, 4.69) is 33.5 Å². The van der Waals surface area contributed by atoms with Gasteiger partial charge >= 0.3 is 0 Å². The minimum atomic E-state index is 0.0162. The summed E-state index contributed by atoms with van der Waals surface area (Å²) in [5.41, 5.74) is 1.12. The van der Waals surface area contributed by atoms with Crippen molar-refractivity contribution < 1.29 is 4.79 Å². The molecule has 3 heterocycles. The molecule has 2 N–H and O–H groups in total. The second-order valence-corrected chi connectivity index (χ2v) is 6.94. The summed E-state index contributed by atoms with van der Waals surface area (Å²) in [5, 5.41) is 6.61. The first-order valence-electron chi connectivity index (χ1n) is 8.88. The predicted molar refractivity (Wildman–Crippen MR) is 90.9 cm³/mol. The molecule has 0 spiro atoms. The number of rotatable bonds is 4. The highest BCUT2D eigenvalue weighted by Crippen LogP contribution is 2.19. The summed E-state index contributed by atoms with van der Waals surface area (Å²) < 4.78 is 0. The maximum atomic E-state index is 12.4. The molecule has 5 heteroatoms. The van der Waals surface area contributed by atoms with Crippen LogP contribution in [0.2, 0.25) is 0 Å². The minimum Gasteiger partial charge on any atom is -0.352 e. The first-order valence-corrected chi connectivity index (χ1v) is 8.88. The smallest absolute Gasteiger partial charge is 0.237 e. The average Bonchev–Trinajstić information content (AvgIpc) is 2.59. The van der Waals surface area contributed by atoms with E-state index >= 15 is 0 Å². The van der Waals surface area contributed by atoms with Crippen LogP contribution in [0.25, 0.3) is 0 Å². The number of pyridine rings is 1. The number of piperidine rings is 2. The molecule has 2 fully saturated rings. The summed E-state index contributed by atoms with van der Waals surface area (Å²) in [6.45, 7) is 6.14. The second kappa shape index (κ2) is 7.88. The third kappa shape index (κ3) is 4.52. The van der Waals surface area contributed by atoms with Crippen molar-refractivity contribution in [2.45, 2.75) is 51.2 Å². The summed E-state index contributed by atoms with van der Waals surface area (Å²) in [4.78, 5) is 19.2. The van der Waals surface area contributed by atoms with Crippen LogP contribution in [0.5, 0.6) is 0 Å². The van der Waals surface area contributed by atoms with E-state index in [-0.39, 0.29) is 11.9 Å². The van der Waals surface area contributed by atoms with E-state index in [4.69, 9.17) is 0 Å². The van der Waals surface area contributed by atoms with Crippen LogP contribution in [0.1, 0.15) is 38.3 Å². The quantitative estimate of drug-likeness (QED) is 0.885. The van der Waals surface area contributed by atoms with Gasteiger partial charge in [-0.15, -0.1) is 0 Å². The molecule has 1 amide bonds. The van der Waals surface area contributed by atoms with Crippen LogP contribution < -0.4 is 10.6 Å². The molecule has 0 aliphatic carbocycles. The average molecular weight is 316 g/mol. The zero-order valence-corrected chi connectivity index (χ0v) is 14.0. The predicted octanol–water partition coefficient (Wildman–Crippen LogP) is 1.55. The number of nitrogens with zero attached hydrogens (tertiary/aromatic N) is 2. The molecule has 2 aliphatic rings. The van der Waals surface area contributed by atoms with Gasteiger partial charge in [0.05, 0.1) is 11.7 Å². The summed E-state index contributed by atoms with van der Waals surface area (Å²) >= 11 is 0. The van der Waals surface area contributed by atoms with E-state index in [1.54, 1.807) is 0 Å². The van der Waals surface area contributed by atoms with Crippen LogP contribution in [0.4, 0.5) is 0 Å². The normalized spacial score (nSPS) is 29.2. The molecule has 1 aromatic heterocycles. The lowest BCUT2D eigenvalue weighted by molar-refractivity contribution is -0.125. The molecule has 3 atom stereocenters. The van der Waals surface area contributed by atoms with Crippen LogP contribution in [0.15, 0.2) is 24.4 Å².